The van der Waals surface area contributed by atoms with Crippen LogP contribution in [-0.4, -0.2) is 35.4 Å². The Hall–Kier alpha value is -2.11. The van der Waals surface area contributed by atoms with Crippen molar-refractivity contribution in [2.24, 2.45) is 5.92 Å². The van der Waals surface area contributed by atoms with Gasteiger partial charge in [0.25, 0.3) is 0 Å². The number of nitrogens with zero attached hydrogens (tertiary/aromatic N) is 2. The van der Waals surface area contributed by atoms with Crippen LogP contribution in [0.15, 0.2) is 24.3 Å². The minimum absolute atomic E-state index is 0.129. The Bertz CT molecular complexity index is 544. The normalized spacial score (nSPS) is 24.6. The first-order valence-electron chi connectivity index (χ1n) is 7.59. The zero-order chi connectivity index (χ0) is 16.3. The number of hydrogen-bond donors (Lipinski definition) is 0. The van der Waals surface area contributed by atoms with E-state index in [1.807, 2.05) is 19.1 Å². The standard InChI is InChI=1S/C16H22N2O4/c1-4-5-10-17-15(12-6-8-13(22-3)9-7-12)14(18(20)21)11(2)16(17)19/h6-9,11,14-15H,4-5,10H2,1-3H3/t11-,14-,15+/m0/s1. The Morgan fingerprint density at radius 3 is 2.45 bits per heavy atom. The number of amides is 1. The van der Waals surface area contributed by atoms with Crippen molar-refractivity contribution in [2.45, 2.75) is 38.8 Å². The highest BCUT2D eigenvalue weighted by Gasteiger charge is 2.53. The molecule has 1 aromatic rings. The molecule has 0 radical (unpaired) electrons. The quantitative estimate of drug-likeness (QED) is 0.598. The first kappa shape index (κ1) is 16.3. The van der Waals surface area contributed by atoms with E-state index in [1.165, 1.54) is 0 Å². The van der Waals surface area contributed by atoms with Crippen LogP contribution in [0.5, 0.6) is 5.75 Å². The van der Waals surface area contributed by atoms with Crippen molar-refractivity contribution in [2.75, 3.05) is 13.7 Å². The largest absolute Gasteiger partial charge is 0.497 e. The third kappa shape index (κ3) is 2.91. The van der Waals surface area contributed by atoms with Gasteiger partial charge in [0.1, 0.15) is 17.7 Å². The second-order valence-corrected chi connectivity index (χ2v) is 5.67. The number of ether oxygens (including phenoxy) is 1. The Morgan fingerprint density at radius 2 is 1.95 bits per heavy atom. The topological polar surface area (TPSA) is 72.7 Å². The predicted octanol–water partition coefficient (Wildman–Crippen LogP) is 2.66. The van der Waals surface area contributed by atoms with Crippen LogP contribution in [0.1, 0.15) is 38.3 Å². The molecule has 0 saturated carbocycles. The maximum absolute atomic E-state index is 12.4. The highest BCUT2D eigenvalue weighted by molar-refractivity contribution is 5.82. The molecule has 6 heteroatoms. The molecule has 0 aliphatic carbocycles. The molecule has 1 amide bonds. The average Bonchev–Trinajstić information content (AvgIpc) is 2.77. The average molecular weight is 306 g/mol. The van der Waals surface area contributed by atoms with E-state index in [0.29, 0.717) is 12.3 Å². The molecule has 1 aliphatic heterocycles. The second-order valence-electron chi connectivity index (χ2n) is 5.67. The summed E-state index contributed by atoms with van der Waals surface area (Å²) in [7, 11) is 1.57. The smallest absolute Gasteiger partial charge is 0.248 e. The molecule has 2 rings (SSSR count). The van der Waals surface area contributed by atoms with Crippen LogP contribution in [0.2, 0.25) is 0 Å². The van der Waals surface area contributed by atoms with E-state index >= 15 is 0 Å². The fraction of sp³-hybridized carbons (Fsp3) is 0.562. The Kier molecular flexibility index (Phi) is 5.00. The zero-order valence-electron chi connectivity index (χ0n) is 13.2. The SMILES string of the molecule is CCCCN1C(=O)[C@@H](C)[C@H]([N+](=O)[O-])[C@H]1c1ccc(OC)cc1. The molecule has 0 aromatic heterocycles. The summed E-state index contributed by atoms with van der Waals surface area (Å²) in [5, 5.41) is 11.5. The number of nitro groups is 1. The summed E-state index contributed by atoms with van der Waals surface area (Å²) in [5.41, 5.74) is 0.788. The highest BCUT2D eigenvalue weighted by Crippen LogP contribution is 2.38. The van der Waals surface area contributed by atoms with E-state index in [0.717, 1.165) is 18.4 Å². The van der Waals surface area contributed by atoms with Crippen molar-refractivity contribution < 1.29 is 14.5 Å². The van der Waals surface area contributed by atoms with Crippen molar-refractivity contribution in [3.63, 3.8) is 0 Å². The van der Waals surface area contributed by atoms with Crippen LogP contribution in [0.4, 0.5) is 0 Å². The van der Waals surface area contributed by atoms with Gasteiger partial charge in [-0.25, -0.2) is 0 Å². The monoisotopic (exact) mass is 306 g/mol. The first-order valence-corrected chi connectivity index (χ1v) is 7.59. The third-order valence-corrected chi connectivity index (χ3v) is 4.30. The van der Waals surface area contributed by atoms with Crippen molar-refractivity contribution in [3.05, 3.63) is 39.9 Å². The molecule has 120 valence electrons. The maximum Gasteiger partial charge on any atom is 0.248 e. The van der Waals surface area contributed by atoms with E-state index < -0.39 is 18.0 Å². The predicted molar refractivity (Wildman–Crippen MR) is 82.3 cm³/mol. The number of carbonyl (C=O) groups excluding carboxylic acids is 1. The van der Waals surface area contributed by atoms with Gasteiger partial charge in [0.05, 0.1) is 7.11 Å². The summed E-state index contributed by atoms with van der Waals surface area (Å²) in [6, 6.07) is 5.76. The van der Waals surface area contributed by atoms with Gasteiger partial charge in [0.2, 0.25) is 11.9 Å². The van der Waals surface area contributed by atoms with Crippen LogP contribution >= 0.6 is 0 Å². The molecule has 0 N–H and O–H groups in total. The molecule has 0 bridgehead atoms. The van der Waals surface area contributed by atoms with Gasteiger partial charge < -0.3 is 9.64 Å². The molecule has 6 nitrogen and oxygen atoms in total. The van der Waals surface area contributed by atoms with Crippen molar-refractivity contribution in [1.82, 2.24) is 4.90 Å². The van der Waals surface area contributed by atoms with E-state index in [2.05, 4.69) is 0 Å². The number of rotatable bonds is 6. The minimum atomic E-state index is -0.905. The molecule has 1 aromatic carbocycles. The lowest BCUT2D eigenvalue weighted by Crippen LogP contribution is -2.33. The maximum atomic E-state index is 12.4. The number of carbonyl (C=O) groups is 1. The number of likely N-dealkylation sites (tertiary alicyclic amines) is 1. The lowest BCUT2D eigenvalue weighted by atomic mass is 9.95. The van der Waals surface area contributed by atoms with Crippen molar-refractivity contribution >= 4 is 5.91 Å². The summed E-state index contributed by atoms with van der Waals surface area (Å²) >= 11 is 0. The molecule has 3 atom stereocenters. The van der Waals surface area contributed by atoms with E-state index in [9.17, 15) is 14.9 Å². The fourth-order valence-corrected chi connectivity index (χ4v) is 3.06. The van der Waals surface area contributed by atoms with Gasteiger partial charge in [-0.2, -0.15) is 0 Å². The zero-order valence-corrected chi connectivity index (χ0v) is 13.2. The van der Waals surface area contributed by atoms with Crippen molar-refractivity contribution in [3.8, 4) is 5.75 Å². The molecular weight excluding hydrogens is 284 g/mol. The summed E-state index contributed by atoms with van der Waals surface area (Å²) in [5.74, 6) is -0.0335. The number of methoxy groups -OCH3 is 1. The van der Waals surface area contributed by atoms with Gasteiger partial charge in [-0.05, 0) is 31.0 Å². The van der Waals surface area contributed by atoms with Crippen LogP contribution in [-0.2, 0) is 4.79 Å². The third-order valence-electron chi connectivity index (χ3n) is 4.30. The van der Waals surface area contributed by atoms with Crippen molar-refractivity contribution in [1.29, 1.82) is 0 Å². The van der Waals surface area contributed by atoms with Gasteiger partial charge in [-0.1, -0.05) is 25.5 Å². The Labute approximate surface area is 130 Å². The first-order chi connectivity index (χ1) is 10.5. The molecule has 0 unspecified atom stereocenters. The van der Waals surface area contributed by atoms with Crippen LogP contribution in [0.25, 0.3) is 0 Å². The molecule has 22 heavy (non-hydrogen) atoms. The van der Waals surface area contributed by atoms with E-state index in [4.69, 9.17) is 4.74 Å². The Balaban J connectivity index is 2.38. The summed E-state index contributed by atoms with van der Waals surface area (Å²) in [6.07, 6.45) is 1.78. The lowest BCUT2D eigenvalue weighted by Gasteiger charge is -2.25. The molecular formula is C16H22N2O4. The fourth-order valence-electron chi connectivity index (χ4n) is 3.06. The summed E-state index contributed by atoms with van der Waals surface area (Å²) in [6.45, 7) is 4.25. The Morgan fingerprint density at radius 1 is 1.32 bits per heavy atom. The molecule has 0 spiro atoms. The number of benzene rings is 1. The number of hydrogen-bond acceptors (Lipinski definition) is 4. The number of unbranched alkanes of at least 4 members (excludes halogenated alkanes) is 1. The molecule has 1 saturated heterocycles. The van der Waals surface area contributed by atoms with Gasteiger partial charge >= 0.3 is 0 Å². The van der Waals surface area contributed by atoms with Gasteiger partial charge in [-0.3, -0.25) is 14.9 Å². The van der Waals surface area contributed by atoms with Gasteiger partial charge in [-0.15, -0.1) is 0 Å². The highest BCUT2D eigenvalue weighted by atomic mass is 16.6. The van der Waals surface area contributed by atoms with Crippen LogP contribution in [0.3, 0.4) is 0 Å². The van der Waals surface area contributed by atoms with Gasteiger partial charge in [0.15, 0.2) is 0 Å². The molecule has 1 fully saturated rings. The summed E-state index contributed by atoms with van der Waals surface area (Å²) < 4.78 is 5.13. The minimum Gasteiger partial charge on any atom is -0.497 e. The summed E-state index contributed by atoms with van der Waals surface area (Å²) in [4.78, 5) is 25.3. The molecule has 1 aliphatic rings. The van der Waals surface area contributed by atoms with Crippen LogP contribution in [0, 0.1) is 16.0 Å². The van der Waals surface area contributed by atoms with Crippen LogP contribution < -0.4 is 4.74 Å². The molecule has 1 heterocycles. The van der Waals surface area contributed by atoms with E-state index in [-0.39, 0.29) is 10.8 Å². The second kappa shape index (κ2) is 6.77. The van der Waals surface area contributed by atoms with Gasteiger partial charge in [0, 0.05) is 11.5 Å². The lowest BCUT2D eigenvalue weighted by molar-refractivity contribution is -0.532. The van der Waals surface area contributed by atoms with E-state index in [1.54, 1.807) is 31.1 Å².